The molecule has 0 aromatic carbocycles. The lowest BCUT2D eigenvalue weighted by atomic mass is 10.3. The van der Waals surface area contributed by atoms with Gasteiger partial charge in [0.05, 0.1) is 5.56 Å². The van der Waals surface area contributed by atoms with E-state index in [1.54, 1.807) is 6.26 Å². The first-order chi connectivity index (χ1) is 5.75. The molecule has 2 aromatic heterocycles. The van der Waals surface area contributed by atoms with E-state index in [4.69, 9.17) is 8.83 Å². The van der Waals surface area contributed by atoms with E-state index in [1.807, 2.05) is 13.0 Å². The maximum Gasteiger partial charge on any atom is 0.285 e. The zero-order valence-electron chi connectivity index (χ0n) is 6.24. The standard InChI is InChI=1S/C7H5BrN2O2/c1-4-2-5(3-11-4)6-9-10-7(8)12-6/h2-3H,1H3. The normalized spacial score (nSPS) is 10.5. The van der Waals surface area contributed by atoms with Gasteiger partial charge in [-0.15, -0.1) is 10.2 Å². The van der Waals surface area contributed by atoms with Gasteiger partial charge in [0.15, 0.2) is 0 Å². The molecule has 2 heterocycles. The van der Waals surface area contributed by atoms with Gasteiger partial charge in [0.1, 0.15) is 12.0 Å². The molecule has 62 valence electrons. The summed E-state index contributed by atoms with van der Waals surface area (Å²) < 4.78 is 10.2. The van der Waals surface area contributed by atoms with Crippen molar-refractivity contribution in [1.82, 2.24) is 10.2 Å². The number of hydrogen-bond acceptors (Lipinski definition) is 4. The molecular formula is C7H5BrN2O2. The molecule has 2 rings (SSSR count). The van der Waals surface area contributed by atoms with E-state index < -0.39 is 0 Å². The summed E-state index contributed by atoms with van der Waals surface area (Å²) in [7, 11) is 0. The van der Waals surface area contributed by atoms with Gasteiger partial charge in [0, 0.05) is 15.9 Å². The number of hydrogen-bond donors (Lipinski definition) is 0. The molecule has 0 bridgehead atoms. The van der Waals surface area contributed by atoms with Crippen LogP contribution >= 0.6 is 15.9 Å². The van der Waals surface area contributed by atoms with E-state index in [9.17, 15) is 0 Å². The first-order valence-corrected chi connectivity index (χ1v) is 4.09. The van der Waals surface area contributed by atoms with E-state index >= 15 is 0 Å². The van der Waals surface area contributed by atoms with E-state index in [0.29, 0.717) is 10.7 Å². The molecule has 0 aliphatic rings. The van der Waals surface area contributed by atoms with E-state index in [2.05, 4.69) is 26.1 Å². The molecule has 0 aliphatic carbocycles. The Hall–Kier alpha value is -1.10. The summed E-state index contributed by atoms with van der Waals surface area (Å²) >= 11 is 3.07. The minimum atomic E-state index is 0.372. The fraction of sp³-hybridized carbons (Fsp3) is 0.143. The Morgan fingerprint density at radius 2 is 2.25 bits per heavy atom. The zero-order chi connectivity index (χ0) is 8.55. The molecule has 0 saturated carbocycles. The van der Waals surface area contributed by atoms with Crippen LogP contribution < -0.4 is 0 Å². The Balaban J connectivity index is 2.43. The van der Waals surface area contributed by atoms with Gasteiger partial charge in [-0.25, -0.2) is 0 Å². The highest BCUT2D eigenvalue weighted by Gasteiger charge is 2.08. The smallest absolute Gasteiger partial charge is 0.285 e. The monoisotopic (exact) mass is 228 g/mol. The van der Waals surface area contributed by atoms with Crippen LogP contribution in [0.4, 0.5) is 0 Å². The third-order valence-corrected chi connectivity index (χ3v) is 1.70. The summed E-state index contributed by atoms with van der Waals surface area (Å²) in [6.07, 6.45) is 1.58. The molecule has 2 aromatic rings. The van der Waals surface area contributed by atoms with Crippen molar-refractivity contribution >= 4 is 15.9 Å². The van der Waals surface area contributed by atoms with Gasteiger partial charge < -0.3 is 8.83 Å². The molecule has 4 nitrogen and oxygen atoms in total. The topological polar surface area (TPSA) is 52.1 Å². The number of rotatable bonds is 1. The summed E-state index contributed by atoms with van der Waals surface area (Å²) in [4.78, 5) is 0.372. The summed E-state index contributed by atoms with van der Waals surface area (Å²) in [5.41, 5.74) is 0.797. The van der Waals surface area contributed by atoms with Gasteiger partial charge in [0.2, 0.25) is 0 Å². The molecule has 0 atom stereocenters. The molecule has 0 aliphatic heterocycles. The van der Waals surface area contributed by atoms with Crippen LogP contribution in [0.15, 0.2) is 26.0 Å². The number of nitrogens with zero attached hydrogens (tertiary/aromatic N) is 2. The van der Waals surface area contributed by atoms with Crippen molar-refractivity contribution in [2.45, 2.75) is 6.92 Å². The SMILES string of the molecule is Cc1cc(-c2nnc(Br)o2)co1. The minimum absolute atomic E-state index is 0.372. The fourth-order valence-electron chi connectivity index (χ4n) is 0.878. The predicted molar refractivity (Wildman–Crippen MR) is 44.4 cm³/mol. The minimum Gasteiger partial charge on any atom is -0.469 e. The maximum absolute atomic E-state index is 5.12. The van der Waals surface area contributed by atoms with Gasteiger partial charge in [0.25, 0.3) is 10.7 Å². The van der Waals surface area contributed by atoms with Crippen LogP contribution in [-0.2, 0) is 0 Å². The van der Waals surface area contributed by atoms with Crippen LogP contribution in [0.2, 0.25) is 0 Å². The molecule has 0 unspecified atom stereocenters. The summed E-state index contributed by atoms with van der Waals surface area (Å²) in [6, 6.07) is 1.83. The first kappa shape index (κ1) is 7.54. The van der Waals surface area contributed by atoms with Crippen molar-refractivity contribution in [1.29, 1.82) is 0 Å². The summed E-state index contributed by atoms with van der Waals surface area (Å²) in [5, 5.41) is 7.44. The van der Waals surface area contributed by atoms with Crippen molar-refractivity contribution < 1.29 is 8.83 Å². The van der Waals surface area contributed by atoms with Crippen LogP contribution in [0.25, 0.3) is 11.5 Å². The van der Waals surface area contributed by atoms with Crippen molar-refractivity contribution in [2.75, 3.05) is 0 Å². The third-order valence-electron chi connectivity index (χ3n) is 1.38. The van der Waals surface area contributed by atoms with Crippen molar-refractivity contribution in [2.24, 2.45) is 0 Å². The zero-order valence-corrected chi connectivity index (χ0v) is 7.83. The third kappa shape index (κ3) is 1.27. The Labute approximate surface area is 76.7 Å². The number of aryl methyl sites for hydroxylation is 1. The molecule has 0 spiro atoms. The Morgan fingerprint density at radius 1 is 1.42 bits per heavy atom. The van der Waals surface area contributed by atoms with Crippen LogP contribution in [0.1, 0.15) is 5.76 Å². The highest BCUT2D eigenvalue weighted by molar-refractivity contribution is 9.10. The molecule has 5 heteroatoms. The van der Waals surface area contributed by atoms with Gasteiger partial charge in [-0.2, -0.15) is 0 Å². The van der Waals surface area contributed by atoms with E-state index in [1.165, 1.54) is 0 Å². The second-order valence-corrected chi connectivity index (χ2v) is 2.98. The number of furan rings is 1. The van der Waals surface area contributed by atoms with Crippen LogP contribution in [0, 0.1) is 6.92 Å². The summed E-state index contributed by atoms with van der Waals surface area (Å²) in [6.45, 7) is 1.86. The Morgan fingerprint density at radius 3 is 2.75 bits per heavy atom. The molecule has 0 amide bonds. The second-order valence-electron chi connectivity index (χ2n) is 2.31. The predicted octanol–water partition coefficient (Wildman–Crippen LogP) is 2.40. The lowest BCUT2D eigenvalue weighted by Gasteiger charge is -1.81. The van der Waals surface area contributed by atoms with Gasteiger partial charge >= 0.3 is 0 Å². The van der Waals surface area contributed by atoms with Gasteiger partial charge in [-0.1, -0.05) is 0 Å². The Kier molecular flexibility index (Phi) is 1.73. The van der Waals surface area contributed by atoms with Crippen molar-refractivity contribution in [3.8, 4) is 11.5 Å². The number of aromatic nitrogens is 2. The maximum atomic E-state index is 5.12. The fourth-order valence-corrected chi connectivity index (χ4v) is 1.11. The lowest BCUT2D eigenvalue weighted by Crippen LogP contribution is -1.71. The Bertz CT molecular complexity index is 355. The second kappa shape index (κ2) is 2.75. The largest absolute Gasteiger partial charge is 0.469 e. The highest BCUT2D eigenvalue weighted by Crippen LogP contribution is 2.21. The van der Waals surface area contributed by atoms with E-state index in [-0.39, 0.29) is 0 Å². The van der Waals surface area contributed by atoms with Crippen LogP contribution in [-0.4, -0.2) is 10.2 Å². The van der Waals surface area contributed by atoms with Gasteiger partial charge in [-0.3, -0.25) is 0 Å². The average Bonchev–Trinajstić information content (AvgIpc) is 2.58. The quantitative estimate of drug-likeness (QED) is 0.753. The van der Waals surface area contributed by atoms with Crippen LogP contribution in [0.3, 0.4) is 0 Å². The van der Waals surface area contributed by atoms with Crippen LogP contribution in [0.5, 0.6) is 0 Å². The molecule has 0 fully saturated rings. The number of halogens is 1. The van der Waals surface area contributed by atoms with Crippen molar-refractivity contribution in [3.63, 3.8) is 0 Å². The van der Waals surface area contributed by atoms with E-state index in [0.717, 1.165) is 11.3 Å². The first-order valence-electron chi connectivity index (χ1n) is 3.30. The summed E-state index contributed by atoms with van der Waals surface area (Å²) in [5.74, 6) is 1.28. The lowest BCUT2D eigenvalue weighted by molar-refractivity contribution is 0.526. The molecular weight excluding hydrogens is 224 g/mol. The molecule has 0 saturated heterocycles. The average molecular weight is 229 g/mol. The molecule has 12 heavy (non-hydrogen) atoms. The van der Waals surface area contributed by atoms with Gasteiger partial charge in [-0.05, 0) is 13.0 Å². The van der Waals surface area contributed by atoms with Crippen molar-refractivity contribution in [3.05, 3.63) is 22.9 Å². The molecule has 0 N–H and O–H groups in total. The highest BCUT2D eigenvalue weighted by atomic mass is 79.9. The molecule has 0 radical (unpaired) electrons.